The maximum atomic E-state index is 12.3. The third kappa shape index (κ3) is 34.0. The Morgan fingerprint density at radius 1 is 0.556 bits per heavy atom. The summed E-state index contributed by atoms with van der Waals surface area (Å²) >= 11 is 0. The van der Waals surface area contributed by atoms with Crippen molar-refractivity contribution in [3.63, 3.8) is 0 Å². The second-order valence-corrected chi connectivity index (χ2v) is 13.0. The molecule has 1 unspecified atom stereocenters. The number of hydrogen-bond acceptors (Lipinski definition) is 6. The Bertz CT molecular complexity index is 614. The molecule has 0 aromatic carbocycles. The van der Waals surface area contributed by atoms with Crippen LogP contribution in [0.25, 0.3) is 0 Å². The van der Waals surface area contributed by atoms with Crippen LogP contribution in [-0.4, -0.2) is 60.9 Å². The Balaban J connectivity index is 0. The summed E-state index contributed by atoms with van der Waals surface area (Å²) in [6.07, 6.45) is 30.4. The monoisotopic (exact) mass is 642 g/mol. The molecule has 0 aliphatic rings. The number of unbranched alkanes of at least 4 members (excludes halogenated alkanes) is 19. The second kappa shape index (κ2) is 37.3. The van der Waals surface area contributed by atoms with Crippen LogP contribution >= 0.6 is 0 Å². The van der Waals surface area contributed by atoms with E-state index in [1.807, 2.05) is 0 Å². The van der Waals surface area contributed by atoms with Gasteiger partial charge in [-0.25, -0.2) is 0 Å². The molecule has 0 aromatic heterocycles. The average Bonchev–Trinajstić information content (AvgIpc) is 3.02. The van der Waals surface area contributed by atoms with E-state index in [-0.39, 0.29) is 32.1 Å². The number of hydrogen-bond donors (Lipinski definition) is 1. The first-order valence-electron chi connectivity index (χ1n) is 19.3. The molecule has 1 N–H and O–H groups in total. The molecule has 0 bridgehead atoms. The van der Waals surface area contributed by atoms with E-state index < -0.39 is 0 Å². The van der Waals surface area contributed by atoms with Crippen molar-refractivity contribution in [1.29, 1.82) is 0 Å². The highest BCUT2D eigenvalue weighted by atomic mass is 16.5. The number of aliphatic hydroxyl groups is 1. The Kier molecular flexibility index (Phi) is 38.1. The summed E-state index contributed by atoms with van der Waals surface area (Å²) in [7, 11) is 0. The van der Waals surface area contributed by atoms with Gasteiger partial charge in [0.15, 0.2) is 0 Å². The zero-order chi connectivity index (χ0) is 32.4. The highest BCUT2D eigenvalue weighted by Gasteiger charge is 2.12. The lowest BCUT2D eigenvalue weighted by molar-refractivity contribution is -0.149. The van der Waals surface area contributed by atoms with Crippen LogP contribution < -0.4 is 0 Å². The molecule has 270 valence electrons. The zero-order valence-electron chi connectivity index (χ0n) is 29.7. The zero-order valence-corrected chi connectivity index (χ0v) is 29.7. The Hall–Kier alpha value is -1.14. The van der Waals surface area contributed by atoms with Crippen molar-refractivity contribution in [2.24, 2.45) is 0 Å². The molecule has 6 heteroatoms. The molecule has 0 amide bonds. The van der Waals surface area contributed by atoms with Gasteiger partial charge < -0.3 is 19.5 Å². The molecule has 45 heavy (non-hydrogen) atoms. The van der Waals surface area contributed by atoms with Gasteiger partial charge in [0, 0.05) is 19.4 Å². The lowest BCUT2D eigenvalue weighted by Crippen LogP contribution is -2.29. The molecular formula is C39H79NO5. The maximum Gasteiger partial charge on any atom is 0.306 e. The summed E-state index contributed by atoms with van der Waals surface area (Å²) in [6, 6.07) is 0. The molecule has 0 aliphatic carbocycles. The number of nitrogens with zero attached hydrogens (tertiary/aromatic N) is 1. The first kappa shape index (κ1) is 46.0. The molecule has 1 atom stereocenters. The van der Waals surface area contributed by atoms with Crippen LogP contribution in [0.1, 0.15) is 202 Å². The quantitative estimate of drug-likeness (QED) is 0.0548. The maximum absolute atomic E-state index is 12.3. The summed E-state index contributed by atoms with van der Waals surface area (Å²) in [4.78, 5) is 26.6. The fourth-order valence-electron chi connectivity index (χ4n) is 5.81. The fraction of sp³-hybridized carbons (Fsp3) is 0.949. The molecule has 0 saturated carbocycles. The van der Waals surface area contributed by atoms with Crippen LogP contribution in [0.15, 0.2) is 0 Å². The van der Waals surface area contributed by atoms with Gasteiger partial charge in [0.2, 0.25) is 0 Å². The summed E-state index contributed by atoms with van der Waals surface area (Å²) < 4.78 is 11.1. The number of ether oxygens (including phenoxy) is 2. The molecule has 0 fully saturated rings. The van der Waals surface area contributed by atoms with Crippen molar-refractivity contribution < 1.29 is 24.2 Å². The third-order valence-corrected chi connectivity index (χ3v) is 8.77. The molecule has 0 heterocycles. The Labute approximate surface area is 281 Å². The van der Waals surface area contributed by atoms with Crippen LogP contribution in [0.2, 0.25) is 0 Å². The topological polar surface area (TPSA) is 76.1 Å². The lowest BCUT2D eigenvalue weighted by atomic mass is 10.1. The first-order valence-corrected chi connectivity index (χ1v) is 19.3. The molecule has 0 radical (unpaired) electrons. The first-order chi connectivity index (χ1) is 21.6. The number of carbonyl (C=O) groups excluding carboxylic acids is 2. The van der Waals surface area contributed by atoms with Crippen molar-refractivity contribution in [3.8, 4) is 0 Å². The molecule has 6 nitrogen and oxygen atoms in total. The van der Waals surface area contributed by atoms with Crippen LogP contribution in [-0.2, 0) is 19.1 Å². The third-order valence-electron chi connectivity index (χ3n) is 8.77. The van der Waals surface area contributed by atoms with Crippen molar-refractivity contribution in [1.82, 2.24) is 4.90 Å². The number of rotatable bonds is 35. The standard InChI is InChI=1S/C38H75NO5.CH4/c1-4-7-9-11-13-21-27-35-43-37(41)29-23-17-14-19-25-31-39(33-34-40)32-26-20-15-18-24-30-38(42)44-36(6-3)28-22-16-12-10-8-5-2;/h36,40H,4-35H2,1-3H3;1H4. The van der Waals surface area contributed by atoms with E-state index in [1.54, 1.807) is 0 Å². The molecule has 0 rings (SSSR count). The summed E-state index contributed by atoms with van der Waals surface area (Å²) in [5.41, 5.74) is 0. The van der Waals surface area contributed by atoms with Gasteiger partial charge in [0.1, 0.15) is 6.10 Å². The van der Waals surface area contributed by atoms with E-state index in [0.717, 1.165) is 90.3 Å². The van der Waals surface area contributed by atoms with E-state index in [9.17, 15) is 14.7 Å². The van der Waals surface area contributed by atoms with Gasteiger partial charge >= 0.3 is 11.9 Å². The van der Waals surface area contributed by atoms with Crippen molar-refractivity contribution in [2.45, 2.75) is 208 Å². The number of aliphatic hydroxyl groups excluding tert-OH is 1. The van der Waals surface area contributed by atoms with E-state index in [2.05, 4.69) is 25.7 Å². The van der Waals surface area contributed by atoms with Gasteiger partial charge in [-0.2, -0.15) is 0 Å². The van der Waals surface area contributed by atoms with Gasteiger partial charge in [-0.3, -0.25) is 9.59 Å². The molecule has 0 aromatic rings. The van der Waals surface area contributed by atoms with Crippen LogP contribution in [0.3, 0.4) is 0 Å². The van der Waals surface area contributed by atoms with Gasteiger partial charge in [-0.05, 0) is 64.5 Å². The summed E-state index contributed by atoms with van der Waals surface area (Å²) in [5, 5.41) is 9.46. The highest BCUT2D eigenvalue weighted by molar-refractivity contribution is 5.69. The van der Waals surface area contributed by atoms with Gasteiger partial charge in [0.05, 0.1) is 13.2 Å². The second-order valence-electron chi connectivity index (χ2n) is 13.0. The predicted octanol–water partition coefficient (Wildman–Crippen LogP) is 11.0. The molecular weight excluding hydrogens is 562 g/mol. The summed E-state index contributed by atoms with van der Waals surface area (Å²) in [5.74, 6) is -0.0512. The Morgan fingerprint density at radius 3 is 1.51 bits per heavy atom. The smallest absolute Gasteiger partial charge is 0.306 e. The van der Waals surface area contributed by atoms with Crippen LogP contribution in [0, 0.1) is 0 Å². The van der Waals surface area contributed by atoms with E-state index in [1.165, 1.54) is 89.9 Å². The Morgan fingerprint density at radius 2 is 1.00 bits per heavy atom. The van der Waals surface area contributed by atoms with Gasteiger partial charge in [-0.1, -0.05) is 137 Å². The largest absolute Gasteiger partial charge is 0.466 e. The van der Waals surface area contributed by atoms with E-state index >= 15 is 0 Å². The van der Waals surface area contributed by atoms with Gasteiger partial charge in [0.25, 0.3) is 0 Å². The van der Waals surface area contributed by atoms with Crippen LogP contribution in [0.4, 0.5) is 0 Å². The van der Waals surface area contributed by atoms with Crippen LogP contribution in [0.5, 0.6) is 0 Å². The number of esters is 2. The normalized spacial score (nSPS) is 11.8. The molecule has 0 spiro atoms. The lowest BCUT2D eigenvalue weighted by Gasteiger charge is -2.21. The highest BCUT2D eigenvalue weighted by Crippen LogP contribution is 2.15. The minimum Gasteiger partial charge on any atom is -0.466 e. The predicted molar refractivity (Wildman–Crippen MR) is 193 cm³/mol. The van der Waals surface area contributed by atoms with Crippen molar-refractivity contribution in [2.75, 3.05) is 32.8 Å². The minimum absolute atomic E-state index is 0. The van der Waals surface area contributed by atoms with Crippen molar-refractivity contribution in [3.05, 3.63) is 0 Å². The van der Waals surface area contributed by atoms with E-state index in [0.29, 0.717) is 19.4 Å². The molecule has 0 saturated heterocycles. The van der Waals surface area contributed by atoms with Gasteiger partial charge in [-0.15, -0.1) is 0 Å². The number of carbonyl (C=O) groups is 2. The van der Waals surface area contributed by atoms with E-state index in [4.69, 9.17) is 9.47 Å². The fourth-order valence-corrected chi connectivity index (χ4v) is 5.81. The molecule has 0 aliphatic heterocycles. The average molecular weight is 642 g/mol. The minimum atomic E-state index is -0.0334. The summed E-state index contributed by atoms with van der Waals surface area (Å²) in [6.45, 7) is 10.2. The van der Waals surface area contributed by atoms with Crippen molar-refractivity contribution >= 4 is 11.9 Å². The SMILES string of the molecule is C.CCCCCCCCCOC(=O)CCCCCCCN(CCO)CCCCCCCC(=O)OC(CC)CCCCCCCC.